The molecule has 1 N–H and O–H groups in total. The van der Waals surface area contributed by atoms with E-state index in [1.54, 1.807) is 19.3 Å². The first-order valence-electron chi connectivity index (χ1n) is 14.8. The van der Waals surface area contributed by atoms with Crippen molar-refractivity contribution in [1.29, 1.82) is 0 Å². The molecule has 1 aromatic carbocycles. The van der Waals surface area contributed by atoms with Gasteiger partial charge in [0.15, 0.2) is 0 Å². The molecule has 240 valence electrons. The lowest BCUT2D eigenvalue weighted by atomic mass is 9.94. The highest BCUT2D eigenvalue weighted by molar-refractivity contribution is 6.10. The van der Waals surface area contributed by atoms with Crippen molar-refractivity contribution < 1.29 is 32.7 Å². The van der Waals surface area contributed by atoms with Crippen LogP contribution in [0.5, 0.6) is 0 Å². The van der Waals surface area contributed by atoms with Crippen LogP contribution in [0, 0.1) is 19.8 Å². The Hall–Kier alpha value is -4.78. The second kappa shape index (κ2) is 11.5. The normalized spacial score (nSPS) is 21.2. The number of anilines is 3. The third-order valence-corrected chi connectivity index (χ3v) is 8.97. The van der Waals surface area contributed by atoms with Gasteiger partial charge in [0.25, 0.3) is 0 Å². The second-order valence-electron chi connectivity index (χ2n) is 12.0. The minimum absolute atomic E-state index is 0.0574. The molecule has 3 aliphatic rings. The van der Waals surface area contributed by atoms with Crippen molar-refractivity contribution in [2.24, 2.45) is 5.92 Å². The third-order valence-electron chi connectivity index (χ3n) is 8.97. The zero-order chi connectivity index (χ0) is 33.1. The van der Waals surface area contributed by atoms with E-state index in [1.807, 2.05) is 25.1 Å². The number of hydrogen-bond donors (Lipinski definition) is 1. The Morgan fingerprint density at radius 2 is 1.93 bits per heavy atom. The SMILES string of the molecule is C=CC(=O)N1Cc2cc(CN3C[C@H]4CC(=O)N(c5cc(C(F)(F)F)cc(C)n5)[C@@H]4C(=O)N(C)c4cccc(C)c43)cnc2C1CO. The number of rotatable bonds is 5. The highest BCUT2D eigenvalue weighted by Gasteiger charge is 2.49. The summed E-state index contributed by atoms with van der Waals surface area (Å²) in [4.78, 5) is 55.1. The Kier molecular flexibility index (Phi) is 7.83. The number of benzene rings is 1. The van der Waals surface area contributed by atoms with Crippen LogP contribution in [-0.2, 0) is 33.6 Å². The number of pyridine rings is 2. The van der Waals surface area contributed by atoms with Gasteiger partial charge >= 0.3 is 6.18 Å². The molecule has 1 unspecified atom stereocenters. The summed E-state index contributed by atoms with van der Waals surface area (Å²) in [5.41, 5.74) is 3.61. The van der Waals surface area contributed by atoms with E-state index in [0.717, 1.165) is 39.4 Å². The largest absolute Gasteiger partial charge is 0.416 e. The molecule has 3 amide bonds. The number of alkyl halides is 3. The van der Waals surface area contributed by atoms with Crippen molar-refractivity contribution in [1.82, 2.24) is 14.9 Å². The van der Waals surface area contributed by atoms with Gasteiger partial charge in [-0.25, -0.2) is 4.98 Å². The first-order valence-corrected chi connectivity index (χ1v) is 14.8. The zero-order valence-corrected chi connectivity index (χ0v) is 25.6. The average molecular weight is 635 g/mol. The van der Waals surface area contributed by atoms with Gasteiger partial charge in [0.2, 0.25) is 17.7 Å². The van der Waals surface area contributed by atoms with Crippen molar-refractivity contribution in [3.05, 3.63) is 88.9 Å². The van der Waals surface area contributed by atoms with Crippen LogP contribution < -0.4 is 14.7 Å². The van der Waals surface area contributed by atoms with Crippen molar-refractivity contribution in [2.75, 3.05) is 34.9 Å². The molecule has 0 saturated carbocycles. The van der Waals surface area contributed by atoms with Crippen LogP contribution in [0.15, 0.2) is 55.3 Å². The summed E-state index contributed by atoms with van der Waals surface area (Å²) < 4.78 is 41.2. The number of para-hydroxylation sites is 1. The zero-order valence-electron chi connectivity index (χ0n) is 25.6. The highest BCUT2D eigenvalue weighted by Crippen LogP contribution is 2.42. The summed E-state index contributed by atoms with van der Waals surface area (Å²) in [7, 11) is 1.60. The lowest BCUT2D eigenvalue weighted by molar-refractivity contribution is -0.137. The van der Waals surface area contributed by atoms with Gasteiger partial charge in [0.1, 0.15) is 11.9 Å². The summed E-state index contributed by atoms with van der Waals surface area (Å²) in [6.45, 7) is 7.46. The van der Waals surface area contributed by atoms with Crippen molar-refractivity contribution in [3.63, 3.8) is 0 Å². The number of aliphatic hydroxyl groups excluding tert-OH is 1. The van der Waals surface area contributed by atoms with Gasteiger partial charge in [-0.05, 0) is 60.9 Å². The molecule has 3 aromatic rings. The Morgan fingerprint density at radius 3 is 2.63 bits per heavy atom. The van der Waals surface area contributed by atoms with Gasteiger partial charge in [-0.15, -0.1) is 0 Å². The summed E-state index contributed by atoms with van der Waals surface area (Å²) >= 11 is 0. The number of fused-ring (bicyclic) bond motifs is 3. The van der Waals surface area contributed by atoms with Crippen molar-refractivity contribution in [3.8, 4) is 0 Å². The highest BCUT2D eigenvalue weighted by atomic mass is 19.4. The number of likely N-dealkylation sites (N-methyl/N-ethyl adjacent to an activating group) is 1. The molecule has 1 fully saturated rings. The molecule has 0 spiro atoms. The number of carbonyl (C=O) groups is 3. The Morgan fingerprint density at radius 1 is 1.17 bits per heavy atom. The van der Waals surface area contributed by atoms with Crippen LogP contribution in [0.4, 0.5) is 30.4 Å². The fourth-order valence-corrected chi connectivity index (χ4v) is 6.92. The number of halogens is 3. The molecule has 5 heterocycles. The van der Waals surface area contributed by atoms with Gasteiger partial charge in [-0.1, -0.05) is 18.7 Å². The molecule has 0 radical (unpaired) electrons. The number of aryl methyl sites for hydroxylation is 2. The topological polar surface area (TPSA) is 110 Å². The predicted molar refractivity (Wildman–Crippen MR) is 164 cm³/mol. The van der Waals surface area contributed by atoms with Crippen molar-refractivity contribution in [2.45, 2.75) is 51.6 Å². The molecule has 3 atom stereocenters. The molecule has 0 bridgehead atoms. The summed E-state index contributed by atoms with van der Waals surface area (Å²) in [5.74, 6) is -1.98. The summed E-state index contributed by atoms with van der Waals surface area (Å²) in [6.07, 6.45) is -1.82. The van der Waals surface area contributed by atoms with E-state index in [2.05, 4.69) is 21.4 Å². The quantitative estimate of drug-likeness (QED) is 0.422. The molecule has 1 saturated heterocycles. The van der Waals surface area contributed by atoms with Gasteiger partial charge in [0.05, 0.1) is 35.3 Å². The maximum absolute atomic E-state index is 14.1. The minimum atomic E-state index is -4.66. The molecule has 46 heavy (non-hydrogen) atoms. The molecule has 0 aliphatic carbocycles. The Balaban J connectivity index is 1.40. The van der Waals surface area contributed by atoms with E-state index >= 15 is 0 Å². The van der Waals surface area contributed by atoms with Crippen molar-refractivity contribution >= 4 is 34.9 Å². The second-order valence-corrected chi connectivity index (χ2v) is 12.0. The summed E-state index contributed by atoms with van der Waals surface area (Å²) in [5, 5.41) is 9.98. The smallest absolute Gasteiger partial charge is 0.394 e. The van der Waals surface area contributed by atoms with E-state index in [-0.39, 0.29) is 43.5 Å². The molecule has 6 rings (SSSR count). The number of hydrogen-bond acceptors (Lipinski definition) is 7. The lowest BCUT2D eigenvalue weighted by Gasteiger charge is -2.39. The van der Waals surface area contributed by atoms with E-state index in [0.29, 0.717) is 17.9 Å². The van der Waals surface area contributed by atoms with Crippen LogP contribution in [0.2, 0.25) is 0 Å². The average Bonchev–Trinajstić information content (AvgIpc) is 3.54. The number of carbonyl (C=O) groups excluding carboxylic acids is 3. The third kappa shape index (κ3) is 5.27. The van der Waals surface area contributed by atoms with Gasteiger partial charge < -0.3 is 19.8 Å². The maximum atomic E-state index is 14.1. The molecular formula is C33H33F3N6O4. The van der Waals surface area contributed by atoms with Crippen LogP contribution >= 0.6 is 0 Å². The van der Waals surface area contributed by atoms with Crippen LogP contribution in [0.25, 0.3) is 0 Å². The number of aromatic nitrogens is 2. The fraction of sp³-hybridized carbons (Fsp3) is 0.364. The molecule has 2 aromatic heterocycles. The first-order chi connectivity index (χ1) is 21.8. The van der Waals surface area contributed by atoms with E-state index in [9.17, 15) is 32.7 Å². The molecule has 3 aliphatic heterocycles. The Bertz CT molecular complexity index is 1760. The van der Waals surface area contributed by atoms with Gasteiger partial charge in [-0.3, -0.25) is 24.3 Å². The summed E-state index contributed by atoms with van der Waals surface area (Å²) in [6, 6.07) is 7.56. The number of nitrogens with zero attached hydrogens (tertiary/aromatic N) is 6. The minimum Gasteiger partial charge on any atom is -0.394 e. The fourth-order valence-electron chi connectivity index (χ4n) is 6.92. The van der Waals surface area contributed by atoms with Gasteiger partial charge in [0, 0.05) is 50.9 Å². The number of aliphatic hydroxyl groups is 1. The van der Waals surface area contributed by atoms with Crippen LogP contribution in [-0.4, -0.2) is 63.9 Å². The first kappa shape index (κ1) is 31.2. The molecular weight excluding hydrogens is 601 g/mol. The van der Waals surface area contributed by atoms with Crippen LogP contribution in [0.3, 0.4) is 0 Å². The standard InChI is InChI=1S/C33H33F3N6O4/c1-5-27(44)41-16-21-10-20(13-37-29(21)25(41)17-43)14-40-15-22-11-28(45)42(26-12-23(33(34,35)36)9-19(3)38-26)31(22)32(46)39(4)24-8-6-7-18(2)30(24)40/h5-10,12-13,22,25,31,43H,1,11,14-17H2,2-4H3/t22-,25?,31+/m1/s1. The van der Waals surface area contributed by atoms with E-state index < -0.39 is 41.6 Å². The molecule has 10 nitrogen and oxygen atoms in total. The van der Waals surface area contributed by atoms with E-state index in [4.69, 9.17) is 0 Å². The van der Waals surface area contributed by atoms with Crippen LogP contribution in [0.1, 0.15) is 46.1 Å². The number of amides is 3. The monoisotopic (exact) mass is 634 g/mol. The predicted octanol–water partition coefficient (Wildman–Crippen LogP) is 4.08. The van der Waals surface area contributed by atoms with Gasteiger partial charge in [-0.2, -0.15) is 13.2 Å². The lowest BCUT2D eigenvalue weighted by Crippen LogP contribution is -2.52. The molecule has 13 heteroatoms. The Labute approximate surface area is 263 Å². The van der Waals surface area contributed by atoms with E-state index in [1.165, 1.54) is 22.8 Å². The maximum Gasteiger partial charge on any atom is 0.416 e.